The van der Waals surface area contributed by atoms with Crippen molar-refractivity contribution in [2.24, 2.45) is 11.8 Å². The van der Waals surface area contributed by atoms with E-state index in [-0.39, 0.29) is 11.9 Å². The molecule has 1 saturated heterocycles. The van der Waals surface area contributed by atoms with Crippen LogP contribution in [0.4, 0.5) is 5.82 Å². The molecule has 13 nitrogen and oxygen atoms in total. The Kier molecular flexibility index (Phi) is 6.86. The molecule has 218 valence electrons. The van der Waals surface area contributed by atoms with Gasteiger partial charge in [0.15, 0.2) is 5.65 Å². The number of nitrogen functional groups attached to an aromatic ring is 1. The lowest BCUT2D eigenvalue weighted by Crippen LogP contribution is -2.28. The highest BCUT2D eigenvalue weighted by molar-refractivity contribution is 5.98. The third-order valence-electron chi connectivity index (χ3n) is 8.25. The van der Waals surface area contributed by atoms with Crippen LogP contribution in [0.2, 0.25) is 0 Å². The number of hydrogen-bond acceptors (Lipinski definition) is 11. The summed E-state index contributed by atoms with van der Waals surface area (Å²) in [5.74, 6) is 2.02. The predicted molar refractivity (Wildman–Crippen MR) is 159 cm³/mol. The Hall–Kier alpha value is -5.04. The maximum absolute atomic E-state index is 12.7. The Balaban J connectivity index is 1.11. The van der Waals surface area contributed by atoms with Gasteiger partial charge in [-0.2, -0.15) is 5.10 Å². The van der Waals surface area contributed by atoms with Gasteiger partial charge in [0.25, 0.3) is 5.89 Å². The summed E-state index contributed by atoms with van der Waals surface area (Å²) < 4.78 is 7.85. The van der Waals surface area contributed by atoms with Crippen molar-refractivity contribution in [1.29, 1.82) is 0 Å². The molecule has 1 aliphatic heterocycles. The standard InChI is InChI=1S/C30H31N11O2/c1-39(2)11-3-4-24(42)40-15-20-12-22(13-21(20)16-40)41-28-25(27(31)34-17-35-28)26(38-41)18-5-7-19(8-6-18)29-36-37-30(43-29)23-14-32-9-10-33-23/h3-10,14,17,20-22H,11-13,15-16H2,1-2H3,(H2,31,34,35)/b4-3+. The van der Waals surface area contributed by atoms with Gasteiger partial charge in [-0.15, -0.1) is 10.2 Å². The Morgan fingerprint density at radius 2 is 1.77 bits per heavy atom. The fourth-order valence-corrected chi connectivity index (χ4v) is 6.19. The van der Waals surface area contributed by atoms with Crippen molar-refractivity contribution in [2.75, 3.05) is 39.5 Å². The number of likely N-dealkylation sites (tertiary alicyclic amines) is 1. The van der Waals surface area contributed by atoms with Gasteiger partial charge in [-0.05, 0) is 50.9 Å². The molecule has 0 bridgehead atoms. The summed E-state index contributed by atoms with van der Waals surface area (Å²) in [4.78, 5) is 33.9. The summed E-state index contributed by atoms with van der Waals surface area (Å²) in [6.45, 7) is 2.29. The van der Waals surface area contributed by atoms with Crippen LogP contribution in [0.25, 0.3) is 45.3 Å². The van der Waals surface area contributed by atoms with E-state index < -0.39 is 0 Å². The number of nitrogens with two attached hydrogens (primary N) is 1. The van der Waals surface area contributed by atoms with Crippen molar-refractivity contribution in [3.05, 3.63) is 61.3 Å². The van der Waals surface area contributed by atoms with Gasteiger partial charge in [-0.1, -0.05) is 18.2 Å². The SMILES string of the molecule is CN(C)C/C=C/C(=O)N1CC2CC(n3nc(-c4ccc(-c5nnc(-c6cnccn6)o5)cc4)c4c(N)ncnc43)CC2C1. The first-order chi connectivity index (χ1) is 20.9. The molecule has 43 heavy (non-hydrogen) atoms. The second kappa shape index (κ2) is 11.0. The number of aromatic nitrogens is 8. The number of fused-ring (bicyclic) bond motifs is 2. The molecule has 0 radical (unpaired) electrons. The van der Waals surface area contributed by atoms with Gasteiger partial charge in [-0.3, -0.25) is 9.78 Å². The summed E-state index contributed by atoms with van der Waals surface area (Å²) in [6, 6.07) is 7.90. The van der Waals surface area contributed by atoms with Crippen LogP contribution in [-0.4, -0.2) is 89.4 Å². The molecule has 1 saturated carbocycles. The largest absolute Gasteiger partial charge is 0.415 e. The molecule has 2 N–H and O–H groups in total. The number of nitrogens with zero attached hydrogens (tertiary/aromatic N) is 10. The zero-order valence-corrected chi connectivity index (χ0v) is 23.9. The zero-order valence-electron chi connectivity index (χ0n) is 23.9. The molecule has 5 aromatic rings. The summed E-state index contributed by atoms with van der Waals surface area (Å²) in [7, 11) is 3.97. The first-order valence-corrected chi connectivity index (χ1v) is 14.2. The summed E-state index contributed by atoms with van der Waals surface area (Å²) in [5.41, 5.74) is 9.99. The highest BCUT2D eigenvalue weighted by Crippen LogP contribution is 2.45. The summed E-state index contributed by atoms with van der Waals surface area (Å²) >= 11 is 0. The lowest BCUT2D eigenvalue weighted by Gasteiger charge is -2.18. The van der Waals surface area contributed by atoms with E-state index in [0.717, 1.165) is 60.3 Å². The van der Waals surface area contributed by atoms with Crippen LogP contribution < -0.4 is 5.73 Å². The second-order valence-corrected chi connectivity index (χ2v) is 11.4. The van der Waals surface area contributed by atoms with E-state index in [2.05, 4.69) is 30.1 Å². The third-order valence-corrected chi connectivity index (χ3v) is 8.25. The minimum atomic E-state index is 0.0917. The van der Waals surface area contributed by atoms with Crippen LogP contribution in [0.1, 0.15) is 18.9 Å². The van der Waals surface area contributed by atoms with Crippen LogP contribution in [-0.2, 0) is 4.79 Å². The molecule has 13 heteroatoms. The first-order valence-electron chi connectivity index (χ1n) is 14.2. The highest BCUT2D eigenvalue weighted by Gasteiger charge is 2.43. The van der Waals surface area contributed by atoms with Crippen LogP contribution in [0, 0.1) is 11.8 Å². The van der Waals surface area contributed by atoms with E-state index in [9.17, 15) is 4.79 Å². The van der Waals surface area contributed by atoms with Gasteiger partial charge in [0.2, 0.25) is 11.8 Å². The van der Waals surface area contributed by atoms with Crippen LogP contribution in [0.5, 0.6) is 0 Å². The number of amides is 1. The van der Waals surface area contributed by atoms with Crippen molar-refractivity contribution in [2.45, 2.75) is 18.9 Å². The van der Waals surface area contributed by atoms with Gasteiger partial charge in [-0.25, -0.2) is 19.6 Å². The molecular formula is C30H31N11O2. The van der Waals surface area contributed by atoms with Crippen molar-refractivity contribution in [1.82, 2.24) is 49.7 Å². The lowest BCUT2D eigenvalue weighted by atomic mass is 10.0. The number of benzene rings is 1. The Morgan fingerprint density at radius 3 is 2.49 bits per heavy atom. The van der Waals surface area contributed by atoms with E-state index in [1.54, 1.807) is 24.7 Å². The van der Waals surface area contributed by atoms with E-state index in [0.29, 0.717) is 35.1 Å². The average molecular weight is 578 g/mol. The molecule has 2 atom stereocenters. The molecule has 4 aromatic heterocycles. The summed E-state index contributed by atoms with van der Waals surface area (Å²) in [5, 5.41) is 14.1. The molecule has 2 aliphatic rings. The maximum Gasteiger partial charge on any atom is 0.268 e. The van der Waals surface area contributed by atoms with Crippen molar-refractivity contribution in [3.63, 3.8) is 0 Å². The van der Waals surface area contributed by atoms with Gasteiger partial charge < -0.3 is 20.0 Å². The number of hydrogen-bond donors (Lipinski definition) is 1. The molecule has 2 fully saturated rings. The monoisotopic (exact) mass is 577 g/mol. The number of rotatable bonds is 7. The molecular weight excluding hydrogens is 546 g/mol. The van der Waals surface area contributed by atoms with E-state index >= 15 is 0 Å². The maximum atomic E-state index is 12.7. The van der Waals surface area contributed by atoms with Crippen molar-refractivity contribution >= 4 is 22.8 Å². The molecule has 1 aliphatic carbocycles. The van der Waals surface area contributed by atoms with E-state index in [4.69, 9.17) is 15.2 Å². The third kappa shape index (κ3) is 5.12. The quantitative estimate of drug-likeness (QED) is 0.283. The average Bonchev–Trinajstić information content (AvgIpc) is 3.80. The molecule has 5 heterocycles. The number of carbonyl (C=O) groups excluding carboxylic acids is 1. The van der Waals surface area contributed by atoms with Gasteiger partial charge in [0, 0.05) is 49.2 Å². The Labute approximate surface area is 247 Å². The summed E-state index contributed by atoms with van der Waals surface area (Å²) in [6.07, 6.45) is 11.7. The van der Waals surface area contributed by atoms with Crippen LogP contribution in [0.3, 0.4) is 0 Å². The minimum Gasteiger partial charge on any atom is -0.415 e. The molecule has 2 unspecified atom stereocenters. The van der Waals surface area contributed by atoms with Gasteiger partial charge in [0.05, 0.1) is 17.6 Å². The van der Waals surface area contributed by atoms with Crippen molar-refractivity contribution in [3.8, 4) is 34.3 Å². The first kappa shape index (κ1) is 26.8. The van der Waals surface area contributed by atoms with E-state index in [1.165, 1.54) is 6.33 Å². The van der Waals surface area contributed by atoms with Gasteiger partial charge in [0.1, 0.15) is 23.5 Å². The smallest absolute Gasteiger partial charge is 0.268 e. The van der Waals surface area contributed by atoms with Crippen LogP contribution in [0.15, 0.2) is 65.8 Å². The molecule has 7 rings (SSSR count). The topological polar surface area (TPSA) is 158 Å². The van der Waals surface area contributed by atoms with Gasteiger partial charge >= 0.3 is 0 Å². The van der Waals surface area contributed by atoms with Crippen LogP contribution >= 0.6 is 0 Å². The lowest BCUT2D eigenvalue weighted by molar-refractivity contribution is -0.125. The molecule has 1 aromatic carbocycles. The zero-order chi connectivity index (χ0) is 29.5. The van der Waals surface area contributed by atoms with Crippen molar-refractivity contribution < 1.29 is 9.21 Å². The number of anilines is 1. The predicted octanol–water partition coefficient (Wildman–Crippen LogP) is 3.11. The van der Waals surface area contributed by atoms with E-state index in [1.807, 2.05) is 58.9 Å². The Morgan fingerprint density at radius 1 is 1.02 bits per heavy atom. The minimum absolute atomic E-state index is 0.0917. The number of likely N-dealkylation sites (N-methyl/N-ethyl adjacent to an activating group) is 1. The normalized spacial score (nSPS) is 20.1. The molecule has 1 amide bonds. The Bertz CT molecular complexity index is 1780. The number of carbonyl (C=O) groups is 1. The fourth-order valence-electron chi connectivity index (χ4n) is 6.19. The highest BCUT2D eigenvalue weighted by atomic mass is 16.4. The second-order valence-electron chi connectivity index (χ2n) is 11.4. The molecule has 0 spiro atoms. The fraction of sp³-hybridized carbons (Fsp3) is 0.333.